The summed E-state index contributed by atoms with van der Waals surface area (Å²) in [5, 5.41) is 0. The fourth-order valence-corrected chi connectivity index (χ4v) is 4.89. The summed E-state index contributed by atoms with van der Waals surface area (Å²) in [6, 6.07) is 0. The smallest absolute Gasteiger partial charge is 0.305 e. The van der Waals surface area contributed by atoms with Crippen molar-refractivity contribution in [3.8, 4) is 0 Å². The first-order chi connectivity index (χ1) is 17.8. The predicted molar refractivity (Wildman–Crippen MR) is 161 cm³/mol. The van der Waals surface area contributed by atoms with E-state index >= 15 is 0 Å². The number of esters is 1. The number of carbonyl (C=O) groups excluding carboxylic acids is 1. The summed E-state index contributed by atoms with van der Waals surface area (Å²) in [4.78, 5) is 11.9. The van der Waals surface area contributed by atoms with Crippen LogP contribution in [0.5, 0.6) is 0 Å². The van der Waals surface area contributed by atoms with E-state index in [1.54, 1.807) is 0 Å². The summed E-state index contributed by atoms with van der Waals surface area (Å²) in [5.74, 6) is 0.0160. The summed E-state index contributed by atoms with van der Waals surface area (Å²) in [6.45, 7) is 5.19. The molecule has 0 heterocycles. The van der Waals surface area contributed by atoms with Gasteiger partial charge in [-0.15, -0.1) is 0 Å². The van der Waals surface area contributed by atoms with Gasteiger partial charge in [-0.05, 0) is 38.5 Å². The minimum absolute atomic E-state index is 0. The molecule has 3 heteroatoms. The Bertz CT molecular complexity index is 449. The molecule has 0 N–H and O–H groups in total. The fraction of sp³-hybridized carbons (Fsp3) is 0.912. The first-order valence-corrected chi connectivity index (χ1v) is 16.6. The van der Waals surface area contributed by atoms with Crippen molar-refractivity contribution in [2.45, 2.75) is 194 Å². The predicted octanol–water partition coefficient (Wildman–Crippen LogP) is 12.0. The molecular weight excluding hydrogens is 506 g/mol. The normalized spacial score (nSPS) is 11.2. The van der Waals surface area contributed by atoms with Gasteiger partial charge in [0.1, 0.15) is 0 Å². The van der Waals surface area contributed by atoms with Crippen LogP contribution in [0.1, 0.15) is 194 Å². The van der Waals surface area contributed by atoms with Gasteiger partial charge < -0.3 is 4.74 Å². The molecule has 0 fully saturated rings. The Morgan fingerprint density at radius 2 is 0.784 bits per heavy atom. The van der Waals surface area contributed by atoms with Crippen LogP contribution in [0.3, 0.4) is 0 Å². The minimum atomic E-state index is 0. The summed E-state index contributed by atoms with van der Waals surface area (Å²) in [7, 11) is 0. The van der Waals surface area contributed by atoms with Crippen molar-refractivity contribution < 1.29 is 29.0 Å². The van der Waals surface area contributed by atoms with Crippen LogP contribution in [-0.4, -0.2) is 12.6 Å². The van der Waals surface area contributed by atoms with E-state index in [0.29, 0.717) is 13.0 Å². The minimum Gasteiger partial charge on any atom is -0.466 e. The molecule has 0 aromatic carbocycles. The van der Waals surface area contributed by atoms with Gasteiger partial charge >= 0.3 is 5.97 Å². The van der Waals surface area contributed by atoms with Crippen LogP contribution in [-0.2, 0) is 29.0 Å². The molecule has 2 nitrogen and oxygen atoms in total. The maximum absolute atomic E-state index is 11.9. The largest absolute Gasteiger partial charge is 0.466 e. The average Bonchev–Trinajstić information content (AvgIpc) is 2.88. The number of ether oxygens (including phenoxy) is 1. The van der Waals surface area contributed by atoms with E-state index in [2.05, 4.69) is 26.0 Å². The van der Waals surface area contributed by atoms with Gasteiger partial charge in [-0.2, -0.15) is 0 Å². The number of allylic oxidation sites excluding steroid dienone is 2. The van der Waals surface area contributed by atoms with Gasteiger partial charge in [-0.25, -0.2) is 0 Å². The summed E-state index contributed by atoms with van der Waals surface area (Å²) in [5.41, 5.74) is 0. The van der Waals surface area contributed by atoms with Crippen LogP contribution in [0.15, 0.2) is 12.2 Å². The third-order valence-electron chi connectivity index (χ3n) is 7.40. The maximum atomic E-state index is 11.9. The Balaban J connectivity index is 0. The van der Waals surface area contributed by atoms with Crippen LogP contribution in [0, 0.1) is 0 Å². The van der Waals surface area contributed by atoms with Gasteiger partial charge in [-0.1, -0.05) is 161 Å². The van der Waals surface area contributed by atoms with Gasteiger partial charge in [0, 0.05) is 25.9 Å². The van der Waals surface area contributed by atoms with E-state index in [9.17, 15) is 4.79 Å². The molecule has 0 aliphatic carbocycles. The van der Waals surface area contributed by atoms with Gasteiger partial charge in [0.15, 0.2) is 0 Å². The topological polar surface area (TPSA) is 26.3 Å². The van der Waals surface area contributed by atoms with Crippen molar-refractivity contribution in [1.29, 1.82) is 0 Å². The monoisotopic (exact) mass is 570 g/mol. The Labute approximate surface area is 246 Å². The molecule has 37 heavy (non-hydrogen) atoms. The molecule has 0 aromatic heterocycles. The van der Waals surface area contributed by atoms with Gasteiger partial charge in [0.05, 0.1) is 6.61 Å². The van der Waals surface area contributed by atoms with Crippen LogP contribution < -0.4 is 0 Å². The SMILES string of the molecule is CCCCCCCC/C=C\CCCCCCCC(=O)OCCCCCCCCCCCCCCCC.[Zn]. The second kappa shape index (κ2) is 35.8. The second-order valence-corrected chi connectivity index (χ2v) is 11.2. The molecule has 0 spiro atoms. The van der Waals surface area contributed by atoms with Crippen LogP contribution >= 0.6 is 0 Å². The van der Waals surface area contributed by atoms with E-state index in [0.717, 1.165) is 19.3 Å². The molecule has 0 saturated carbocycles. The standard InChI is InChI=1S/C34H66O2.Zn/c1-3-5-7-9-11-13-15-17-19-20-22-24-26-28-30-32-34(35)36-33-31-29-27-25-23-21-18-16-14-12-10-8-6-4-2;/h17,19H,3-16,18,20-33H2,1-2H3;/b19-17-;. The van der Waals surface area contributed by atoms with E-state index in [1.807, 2.05) is 0 Å². The van der Waals surface area contributed by atoms with Gasteiger partial charge in [0.25, 0.3) is 0 Å². The third kappa shape index (κ3) is 35.8. The quantitative estimate of drug-likeness (QED) is 0.0371. The van der Waals surface area contributed by atoms with Crippen molar-refractivity contribution in [1.82, 2.24) is 0 Å². The van der Waals surface area contributed by atoms with Crippen LogP contribution in [0.25, 0.3) is 0 Å². The van der Waals surface area contributed by atoms with Crippen molar-refractivity contribution >= 4 is 5.97 Å². The molecular formula is C34H66O2Zn. The van der Waals surface area contributed by atoms with E-state index in [-0.39, 0.29) is 25.4 Å². The number of hydrogen-bond acceptors (Lipinski definition) is 2. The molecule has 0 radical (unpaired) electrons. The number of rotatable bonds is 30. The molecule has 0 aliphatic rings. The number of unbranched alkanes of at least 4 members (excludes halogenated alkanes) is 24. The molecule has 0 bridgehead atoms. The number of carbonyl (C=O) groups is 1. The van der Waals surface area contributed by atoms with Crippen molar-refractivity contribution in [2.24, 2.45) is 0 Å². The fourth-order valence-electron chi connectivity index (χ4n) is 4.89. The molecule has 216 valence electrons. The Morgan fingerprint density at radius 3 is 1.19 bits per heavy atom. The van der Waals surface area contributed by atoms with E-state index in [4.69, 9.17) is 4.74 Å². The van der Waals surface area contributed by atoms with E-state index in [1.165, 1.54) is 154 Å². The number of hydrogen-bond donors (Lipinski definition) is 0. The molecule has 0 amide bonds. The first-order valence-electron chi connectivity index (χ1n) is 16.6. The van der Waals surface area contributed by atoms with Gasteiger partial charge in [0.2, 0.25) is 0 Å². The zero-order valence-electron chi connectivity index (χ0n) is 25.7. The summed E-state index contributed by atoms with van der Waals surface area (Å²) >= 11 is 0. The van der Waals surface area contributed by atoms with Crippen LogP contribution in [0.4, 0.5) is 0 Å². The zero-order valence-corrected chi connectivity index (χ0v) is 28.7. The Hall–Kier alpha value is -0.167. The molecule has 0 saturated heterocycles. The Morgan fingerprint density at radius 1 is 0.459 bits per heavy atom. The second-order valence-electron chi connectivity index (χ2n) is 11.2. The average molecular weight is 572 g/mol. The first kappa shape index (κ1) is 39.0. The summed E-state index contributed by atoms with van der Waals surface area (Å²) in [6.07, 6.45) is 41.2. The van der Waals surface area contributed by atoms with Crippen molar-refractivity contribution in [3.05, 3.63) is 12.2 Å². The Kier molecular flexibility index (Phi) is 37.7. The molecule has 0 aliphatic heterocycles. The third-order valence-corrected chi connectivity index (χ3v) is 7.40. The van der Waals surface area contributed by atoms with E-state index < -0.39 is 0 Å². The molecule has 0 aromatic rings. The van der Waals surface area contributed by atoms with Crippen molar-refractivity contribution in [3.63, 3.8) is 0 Å². The summed E-state index contributed by atoms with van der Waals surface area (Å²) < 4.78 is 5.42. The van der Waals surface area contributed by atoms with Gasteiger partial charge in [-0.3, -0.25) is 4.79 Å². The molecule has 0 rings (SSSR count). The maximum Gasteiger partial charge on any atom is 0.305 e. The molecule has 0 unspecified atom stereocenters. The molecule has 0 atom stereocenters. The van der Waals surface area contributed by atoms with Crippen molar-refractivity contribution in [2.75, 3.05) is 6.61 Å². The zero-order chi connectivity index (χ0) is 26.2. The van der Waals surface area contributed by atoms with Crippen LogP contribution in [0.2, 0.25) is 0 Å².